The van der Waals surface area contributed by atoms with Gasteiger partial charge < -0.3 is 5.32 Å². The monoisotopic (exact) mass is 306 g/mol. The van der Waals surface area contributed by atoms with Gasteiger partial charge in [0.1, 0.15) is 0 Å². The summed E-state index contributed by atoms with van der Waals surface area (Å²) in [7, 11) is -3.16. The van der Waals surface area contributed by atoms with Gasteiger partial charge in [-0.3, -0.25) is 0 Å². The van der Waals surface area contributed by atoms with Crippen molar-refractivity contribution < 1.29 is 8.42 Å². The fourth-order valence-corrected chi connectivity index (χ4v) is 3.03. The van der Waals surface area contributed by atoms with Crippen LogP contribution in [0.2, 0.25) is 0 Å². The van der Waals surface area contributed by atoms with Crippen LogP contribution in [-0.4, -0.2) is 33.3 Å². The number of sulfonamides is 1. The van der Waals surface area contributed by atoms with E-state index in [9.17, 15) is 8.42 Å². The summed E-state index contributed by atoms with van der Waals surface area (Å²) in [4.78, 5) is 0. The minimum absolute atomic E-state index is 0.366. The molecule has 0 fully saturated rings. The molecule has 2 N–H and O–H groups in total. The number of nitrogens with one attached hydrogen (secondary N) is 2. The van der Waals surface area contributed by atoms with Gasteiger partial charge >= 0.3 is 0 Å². The van der Waals surface area contributed by atoms with Crippen molar-refractivity contribution in [1.82, 2.24) is 10.0 Å². The van der Waals surface area contributed by atoms with Gasteiger partial charge in [-0.25, -0.2) is 13.1 Å². The summed E-state index contributed by atoms with van der Waals surface area (Å²) in [6, 6.07) is 0. The standard InChI is InChI=1S/C15H34N2O2S/c1-5-11-16-13-15(4)20(18,19)17-12-9-7-6-8-10-14(2)3/h14-17H,5-13H2,1-4H3. The zero-order valence-electron chi connectivity index (χ0n) is 13.7. The van der Waals surface area contributed by atoms with Crippen molar-refractivity contribution in [3.63, 3.8) is 0 Å². The molecule has 0 aliphatic rings. The SMILES string of the molecule is CCCNCC(C)S(=O)(=O)NCCCCCCC(C)C. The Morgan fingerprint density at radius 2 is 1.60 bits per heavy atom. The van der Waals surface area contributed by atoms with E-state index in [1.165, 1.54) is 19.3 Å². The second kappa shape index (κ2) is 11.5. The van der Waals surface area contributed by atoms with Crippen LogP contribution < -0.4 is 10.0 Å². The summed E-state index contributed by atoms with van der Waals surface area (Å²) in [6.45, 7) is 10.3. The molecule has 0 bridgehead atoms. The summed E-state index contributed by atoms with van der Waals surface area (Å²) in [5.74, 6) is 0.768. The summed E-state index contributed by atoms with van der Waals surface area (Å²) in [5, 5.41) is 2.78. The Kier molecular flexibility index (Phi) is 11.4. The Hall–Kier alpha value is -0.130. The van der Waals surface area contributed by atoms with Gasteiger partial charge in [0, 0.05) is 13.1 Å². The van der Waals surface area contributed by atoms with Gasteiger partial charge in [0.05, 0.1) is 5.25 Å². The molecule has 0 spiro atoms. The van der Waals surface area contributed by atoms with E-state index >= 15 is 0 Å². The Labute approximate surface area is 126 Å². The summed E-state index contributed by atoms with van der Waals surface area (Å²) >= 11 is 0. The molecular formula is C15H34N2O2S. The molecule has 5 heteroatoms. The van der Waals surface area contributed by atoms with Crippen LogP contribution in [0, 0.1) is 5.92 Å². The minimum Gasteiger partial charge on any atom is -0.315 e. The maximum Gasteiger partial charge on any atom is 0.215 e. The quantitative estimate of drug-likeness (QED) is 0.514. The molecule has 0 heterocycles. The Morgan fingerprint density at radius 1 is 0.950 bits per heavy atom. The lowest BCUT2D eigenvalue weighted by Gasteiger charge is -2.14. The van der Waals surface area contributed by atoms with Crippen molar-refractivity contribution in [2.45, 2.75) is 71.5 Å². The van der Waals surface area contributed by atoms with Crippen LogP contribution in [0.4, 0.5) is 0 Å². The summed E-state index contributed by atoms with van der Waals surface area (Å²) in [5.41, 5.74) is 0. The molecule has 0 radical (unpaired) electrons. The molecule has 1 atom stereocenters. The van der Waals surface area contributed by atoms with Crippen molar-refractivity contribution in [3.8, 4) is 0 Å². The lowest BCUT2D eigenvalue weighted by atomic mass is 10.0. The maximum absolute atomic E-state index is 12.0. The van der Waals surface area contributed by atoms with E-state index in [1.807, 2.05) is 0 Å². The second-order valence-electron chi connectivity index (χ2n) is 6.05. The van der Waals surface area contributed by atoms with Crippen molar-refractivity contribution in [3.05, 3.63) is 0 Å². The first-order valence-corrected chi connectivity index (χ1v) is 9.64. The third-order valence-electron chi connectivity index (χ3n) is 3.40. The average Bonchev–Trinajstić information content (AvgIpc) is 2.37. The van der Waals surface area contributed by atoms with Gasteiger partial charge in [0.2, 0.25) is 10.0 Å². The number of unbranched alkanes of at least 4 members (excludes halogenated alkanes) is 3. The van der Waals surface area contributed by atoms with Crippen LogP contribution in [-0.2, 0) is 10.0 Å². The van der Waals surface area contributed by atoms with E-state index < -0.39 is 10.0 Å². The van der Waals surface area contributed by atoms with Crippen LogP contribution in [0.1, 0.15) is 66.2 Å². The van der Waals surface area contributed by atoms with Crippen LogP contribution in [0.25, 0.3) is 0 Å². The molecule has 0 amide bonds. The highest BCUT2D eigenvalue weighted by atomic mass is 32.2. The van der Waals surface area contributed by atoms with E-state index in [0.717, 1.165) is 31.7 Å². The third-order valence-corrected chi connectivity index (χ3v) is 5.23. The van der Waals surface area contributed by atoms with Gasteiger partial charge in [-0.1, -0.05) is 46.5 Å². The van der Waals surface area contributed by atoms with Gasteiger partial charge in [-0.05, 0) is 32.2 Å². The van der Waals surface area contributed by atoms with Crippen molar-refractivity contribution in [1.29, 1.82) is 0 Å². The molecule has 0 aromatic heterocycles. The summed E-state index contributed by atoms with van der Waals surface area (Å²) < 4.78 is 26.6. The van der Waals surface area contributed by atoms with Crippen LogP contribution >= 0.6 is 0 Å². The lowest BCUT2D eigenvalue weighted by molar-refractivity contribution is 0.516. The zero-order valence-corrected chi connectivity index (χ0v) is 14.6. The minimum atomic E-state index is -3.16. The Balaban J connectivity index is 3.66. The predicted octanol–water partition coefficient (Wildman–Crippen LogP) is 2.90. The van der Waals surface area contributed by atoms with Crippen molar-refractivity contribution in [2.24, 2.45) is 5.92 Å². The molecule has 122 valence electrons. The van der Waals surface area contributed by atoms with E-state index in [4.69, 9.17) is 0 Å². The molecule has 0 aromatic carbocycles. The van der Waals surface area contributed by atoms with E-state index in [2.05, 4.69) is 30.8 Å². The van der Waals surface area contributed by atoms with Crippen LogP contribution in [0.5, 0.6) is 0 Å². The number of hydrogen-bond donors (Lipinski definition) is 2. The molecule has 0 aromatic rings. The smallest absolute Gasteiger partial charge is 0.215 e. The number of rotatable bonds is 13. The second-order valence-corrected chi connectivity index (χ2v) is 8.23. The molecule has 0 rings (SSSR count). The first-order chi connectivity index (χ1) is 9.40. The average molecular weight is 307 g/mol. The first kappa shape index (κ1) is 19.9. The zero-order chi connectivity index (χ0) is 15.4. The topological polar surface area (TPSA) is 58.2 Å². The van der Waals surface area contributed by atoms with E-state index in [0.29, 0.717) is 13.1 Å². The van der Waals surface area contributed by atoms with Crippen molar-refractivity contribution >= 4 is 10.0 Å². The third kappa shape index (κ3) is 10.6. The summed E-state index contributed by atoms with van der Waals surface area (Å²) in [6.07, 6.45) is 6.79. The molecule has 0 saturated heterocycles. The molecule has 1 unspecified atom stereocenters. The van der Waals surface area contributed by atoms with E-state index in [1.54, 1.807) is 6.92 Å². The molecule has 0 saturated carbocycles. The normalized spacial score (nSPS) is 13.8. The van der Waals surface area contributed by atoms with Gasteiger partial charge in [-0.2, -0.15) is 0 Å². The highest BCUT2D eigenvalue weighted by Gasteiger charge is 2.18. The van der Waals surface area contributed by atoms with Gasteiger partial charge in [0.15, 0.2) is 0 Å². The first-order valence-electron chi connectivity index (χ1n) is 8.09. The van der Waals surface area contributed by atoms with Crippen LogP contribution in [0.15, 0.2) is 0 Å². The highest BCUT2D eigenvalue weighted by molar-refractivity contribution is 7.90. The van der Waals surface area contributed by atoms with Crippen molar-refractivity contribution in [2.75, 3.05) is 19.6 Å². The molecule has 0 aliphatic heterocycles. The Morgan fingerprint density at radius 3 is 2.20 bits per heavy atom. The maximum atomic E-state index is 12.0. The molecular weight excluding hydrogens is 272 g/mol. The lowest BCUT2D eigenvalue weighted by Crippen LogP contribution is -2.39. The van der Waals surface area contributed by atoms with Crippen LogP contribution in [0.3, 0.4) is 0 Å². The van der Waals surface area contributed by atoms with Gasteiger partial charge in [-0.15, -0.1) is 0 Å². The highest BCUT2D eigenvalue weighted by Crippen LogP contribution is 2.09. The van der Waals surface area contributed by atoms with E-state index in [-0.39, 0.29) is 5.25 Å². The van der Waals surface area contributed by atoms with Gasteiger partial charge in [0.25, 0.3) is 0 Å². The fraction of sp³-hybridized carbons (Fsp3) is 1.00. The largest absolute Gasteiger partial charge is 0.315 e. The molecule has 4 nitrogen and oxygen atoms in total. The number of hydrogen-bond acceptors (Lipinski definition) is 3. The fourth-order valence-electron chi connectivity index (χ4n) is 1.98. The predicted molar refractivity (Wildman–Crippen MR) is 87.5 cm³/mol. The Bertz CT molecular complexity index is 316. The molecule has 0 aliphatic carbocycles. The molecule has 20 heavy (non-hydrogen) atoms.